The first-order valence-electron chi connectivity index (χ1n) is 9.80. The van der Waals surface area contributed by atoms with Crippen LogP contribution < -0.4 is 14.8 Å². The van der Waals surface area contributed by atoms with Crippen molar-refractivity contribution >= 4 is 23.2 Å². The number of halogens is 1. The smallest absolute Gasteiger partial charge is 0.262 e. The van der Waals surface area contributed by atoms with E-state index in [0.29, 0.717) is 28.2 Å². The summed E-state index contributed by atoms with van der Waals surface area (Å²) < 4.78 is 16.1. The maximum absolute atomic E-state index is 12.2. The van der Waals surface area contributed by atoms with Gasteiger partial charge in [0.2, 0.25) is 5.82 Å². The van der Waals surface area contributed by atoms with E-state index in [2.05, 4.69) is 15.5 Å². The second-order valence-electron chi connectivity index (χ2n) is 6.93. The highest BCUT2D eigenvalue weighted by atomic mass is 35.5. The summed E-state index contributed by atoms with van der Waals surface area (Å²) in [6, 6.07) is 19.8. The van der Waals surface area contributed by atoms with Crippen LogP contribution in [0.25, 0.3) is 22.8 Å². The molecule has 8 heteroatoms. The van der Waals surface area contributed by atoms with Crippen LogP contribution >= 0.6 is 11.6 Å². The van der Waals surface area contributed by atoms with Crippen LogP contribution in [0.1, 0.15) is 5.56 Å². The first-order valence-corrected chi connectivity index (χ1v) is 10.2. The van der Waals surface area contributed by atoms with Gasteiger partial charge in [0.1, 0.15) is 11.5 Å². The summed E-state index contributed by atoms with van der Waals surface area (Å²) in [5.74, 6) is 1.89. The van der Waals surface area contributed by atoms with Gasteiger partial charge in [0.25, 0.3) is 11.8 Å². The van der Waals surface area contributed by atoms with E-state index in [0.717, 1.165) is 22.4 Å². The van der Waals surface area contributed by atoms with Gasteiger partial charge in [0.05, 0.1) is 7.11 Å². The zero-order valence-corrected chi connectivity index (χ0v) is 18.2. The molecule has 1 N–H and O–H groups in total. The molecule has 3 aromatic carbocycles. The number of ether oxygens (including phenoxy) is 2. The maximum atomic E-state index is 12.2. The predicted octanol–water partition coefficient (Wildman–Crippen LogP) is 5.39. The lowest BCUT2D eigenvalue weighted by Crippen LogP contribution is -2.20. The van der Waals surface area contributed by atoms with Gasteiger partial charge in [-0.1, -0.05) is 22.8 Å². The van der Waals surface area contributed by atoms with Crippen molar-refractivity contribution in [1.29, 1.82) is 0 Å². The summed E-state index contributed by atoms with van der Waals surface area (Å²) in [4.78, 5) is 16.6. The Hall–Kier alpha value is -3.84. The van der Waals surface area contributed by atoms with Crippen LogP contribution in [0.5, 0.6) is 11.5 Å². The lowest BCUT2D eigenvalue weighted by atomic mass is 10.2. The SMILES string of the molecule is COc1ccc(-c2noc(-c3ccc(OCC(=O)Nc4cccc(Cl)c4C)cc3)n2)cc1. The van der Waals surface area contributed by atoms with Gasteiger partial charge in [-0.15, -0.1) is 0 Å². The fourth-order valence-corrected chi connectivity index (χ4v) is 3.14. The van der Waals surface area contributed by atoms with Gasteiger partial charge in [-0.05, 0) is 73.2 Å². The van der Waals surface area contributed by atoms with Gasteiger partial charge in [0, 0.05) is 21.8 Å². The highest BCUT2D eigenvalue weighted by Gasteiger charge is 2.12. The minimum absolute atomic E-state index is 0.131. The van der Waals surface area contributed by atoms with Crippen molar-refractivity contribution in [3.8, 4) is 34.3 Å². The number of carbonyl (C=O) groups excluding carboxylic acids is 1. The van der Waals surface area contributed by atoms with Gasteiger partial charge in [0.15, 0.2) is 6.61 Å². The summed E-state index contributed by atoms with van der Waals surface area (Å²) in [6.07, 6.45) is 0. The molecule has 0 aliphatic heterocycles. The molecular formula is C24H20ClN3O4. The molecule has 0 spiro atoms. The molecule has 0 saturated carbocycles. The quantitative estimate of drug-likeness (QED) is 0.407. The minimum Gasteiger partial charge on any atom is -0.497 e. The van der Waals surface area contributed by atoms with Gasteiger partial charge in [-0.3, -0.25) is 4.79 Å². The van der Waals surface area contributed by atoms with Gasteiger partial charge < -0.3 is 19.3 Å². The Kier molecular flexibility index (Phi) is 6.37. The molecular weight excluding hydrogens is 430 g/mol. The number of methoxy groups -OCH3 is 1. The molecule has 4 aromatic rings. The van der Waals surface area contributed by atoms with Crippen molar-refractivity contribution in [2.45, 2.75) is 6.92 Å². The molecule has 32 heavy (non-hydrogen) atoms. The number of amides is 1. The van der Waals surface area contributed by atoms with Crippen LogP contribution in [0.3, 0.4) is 0 Å². The molecule has 1 amide bonds. The van der Waals surface area contributed by atoms with E-state index in [1.54, 1.807) is 49.6 Å². The Morgan fingerprint density at radius 3 is 2.41 bits per heavy atom. The topological polar surface area (TPSA) is 86.5 Å². The normalized spacial score (nSPS) is 10.6. The molecule has 0 radical (unpaired) electrons. The Labute approximate surface area is 189 Å². The van der Waals surface area contributed by atoms with Crippen molar-refractivity contribution in [3.05, 3.63) is 77.3 Å². The van der Waals surface area contributed by atoms with E-state index in [-0.39, 0.29) is 12.5 Å². The second kappa shape index (κ2) is 9.53. The number of benzene rings is 3. The molecule has 0 bridgehead atoms. The molecule has 0 saturated heterocycles. The predicted molar refractivity (Wildman–Crippen MR) is 122 cm³/mol. The molecule has 1 heterocycles. The molecule has 162 valence electrons. The van der Waals surface area contributed by atoms with Crippen LogP contribution in [0, 0.1) is 6.92 Å². The Bertz CT molecular complexity index is 1220. The number of hydrogen-bond donors (Lipinski definition) is 1. The number of nitrogens with zero attached hydrogens (tertiary/aromatic N) is 2. The zero-order chi connectivity index (χ0) is 22.5. The van der Waals surface area contributed by atoms with Crippen LogP contribution in [-0.4, -0.2) is 29.8 Å². The van der Waals surface area contributed by atoms with Crippen LogP contribution in [0.15, 0.2) is 71.3 Å². The van der Waals surface area contributed by atoms with E-state index in [1.165, 1.54) is 0 Å². The number of hydrogen-bond acceptors (Lipinski definition) is 6. The molecule has 0 aliphatic carbocycles. The summed E-state index contributed by atoms with van der Waals surface area (Å²) in [6.45, 7) is 1.71. The third-order valence-corrected chi connectivity index (χ3v) is 5.20. The van der Waals surface area contributed by atoms with E-state index in [9.17, 15) is 4.79 Å². The molecule has 0 unspecified atom stereocenters. The first kappa shape index (κ1) is 21.4. The fourth-order valence-electron chi connectivity index (χ4n) is 2.97. The number of aromatic nitrogens is 2. The molecule has 0 fully saturated rings. The number of carbonyl (C=O) groups is 1. The number of rotatable bonds is 7. The largest absolute Gasteiger partial charge is 0.497 e. The monoisotopic (exact) mass is 449 g/mol. The fraction of sp³-hybridized carbons (Fsp3) is 0.125. The summed E-state index contributed by atoms with van der Waals surface area (Å²) >= 11 is 6.08. The average Bonchev–Trinajstić information content (AvgIpc) is 3.31. The molecule has 1 aromatic heterocycles. The molecule has 0 atom stereocenters. The molecule has 4 rings (SSSR count). The van der Waals surface area contributed by atoms with Crippen molar-refractivity contribution in [3.63, 3.8) is 0 Å². The zero-order valence-electron chi connectivity index (χ0n) is 17.5. The van der Waals surface area contributed by atoms with Crippen LogP contribution in [0.4, 0.5) is 5.69 Å². The van der Waals surface area contributed by atoms with Crippen molar-refractivity contribution in [1.82, 2.24) is 10.1 Å². The first-order chi connectivity index (χ1) is 15.5. The van der Waals surface area contributed by atoms with E-state index in [4.69, 9.17) is 25.6 Å². The van der Waals surface area contributed by atoms with Gasteiger partial charge in [-0.2, -0.15) is 4.98 Å². The molecule has 7 nitrogen and oxygen atoms in total. The maximum Gasteiger partial charge on any atom is 0.262 e. The van der Waals surface area contributed by atoms with E-state index < -0.39 is 0 Å². The standard InChI is InChI=1S/C24H20ClN3O4/c1-15-20(25)4-3-5-21(15)26-22(29)14-31-19-12-8-17(9-13-19)24-27-23(28-32-24)16-6-10-18(30-2)11-7-16/h3-13H,14H2,1-2H3,(H,26,29). The lowest BCUT2D eigenvalue weighted by Gasteiger charge is -2.10. The minimum atomic E-state index is -0.277. The van der Waals surface area contributed by atoms with Gasteiger partial charge >= 0.3 is 0 Å². The van der Waals surface area contributed by atoms with Gasteiger partial charge in [-0.25, -0.2) is 0 Å². The van der Waals surface area contributed by atoms with Crippen LogP contribution in [-0.2, 0) is 4.79 Å². The molecule has 0 aliphatic rings. The summed E-state index contributed by atoms with van der Waals surface area (Å²) in [5.41, 5.74) is 3.02. The van der Waals surface area contributed by atoms with Crippen molar-refractivity contribution in [2.24, 2.45) is 0 Å². The third kappa shape index (κ3) is 4.90. The highest BCUT2D eigenvalue weighted by Crippen LogP contribution is 2.26. The van der Waals surface area contributed by atoms with Crippen LogP contribution in [0.2, 0.25) is 5.02 Å². The Morgan fingerprint density at radius 1 is 1.00 bits per heavy atom. The summed E-state index contributed by atoms with van der Waals surface area (Å²) in [5, 5.41) is 7.42. The van der Waals surface area contributed by atoms with E-state index >= 15 is 0 Å². The summed E-state index contributed by atoms with van der Waals surface area (Å²) in [7, 11) is 1.61. The second-order valence-corrected chi connectivity index (χ2v) is 7.33. The highest BCUT2D eigenvalue weighted by molar-refractivity contribution is 6.31. The Morgan fingerprint density at radius 2 is 1.69 bits per heavy atom. The lowest BCUT2D eigenvalue weighted by molar-refractivity contribution is -0.118. The third-order valence-electron chi connectivity index (χ3n) is 4.79. The average molecular weight is 450 g/mol. The number of nitrogens with one attached hydrogen (secondary N) is 1. The Balaban J connectivity index is 1.36. The van der Waals surface area contributed by atoms with E-state index in [1.807, 2.05) is 31.2 Å². The number of anilines is 1. The van der Waals surface area contributed by atoms with Crippen molar-refractivity contribution in [2.75, 3.05) is 19.0 Å². The van der Waals surface area contributed by atoms with Crippen molar-refractivity contribution < 1.29 is 18.8 Å².